The lowest BCUT2D eigenvalue weighted by Crippen LogP contribution is -2.04. The van der Waals surface area contributed by atoms with Gasteiger partial charge in [-0.15, -0.1) is 0 Å². The molecule has 0 N–H and O–H groups in total. The molecule has 0 heteroatoms. The molecule has 0 spiro atoms. The summed E-state index contributed by atoms with van der Waals surface area (Å²) in [7, 11) is 0. The summed E-state index contributed by atoms with van der Waals surface area (Å²) in [6.07, 6.45) is 2.40. The molecule has 106 valence electrons. The van der Waals surface area contributed by atoms with Crippen molar-refractivity contribution >= 4 is 0 Å². The van der Waals surface area contributed by atoms with Gasteiger partial charge in [0.1, 0.15) is 0 Å². The van der Waals surface area contributed by atoms with Gasteiger partial charge >= 0.3 is 0 Å². The fourth-order valence-electron chi connectivity index (χ4n) is 1.66. The average Bonchev–Trinajstić information content (AvgIpc) is 2.41. The zero-order valence-electron chi connectivity index (χ0n) is 13.9. The van der Waals surface area contributed by atoms with Crippen LogP contribution in [-0.4, -0.2) is 0 Å². The van der Waals surface area contributed by atoms with E-state index in [1.807, 2.05) is 13.8 Å². The summed E-state index contributed by atoms with van der Waals surface area (Å²) in [6.45, 7) is 17.4. The van der Waals surface area contributed by atoms with Crippen LogP contribution in [0.5, 0.6) is 0 Å². The SMILES string of the molecule is CC.CCC.CCc1ccccc1C(C)C(C)C. The van der Waals surface area contributed by atoms with Gasteiger partial charge in [0.05, 0.1) is 0 Å². The first-order chi connectivity index (χ1) is 8.58. The van der Waals surface area contributed by atoms with Gasteiger partial charge in [-0.25, -0.2) is 0 Å². The summed E-state index contributed by atoms with van der Waals surface area (Å²) in [4.78, 5) is 0. The van der Waals surface area contributed by atoms with Crippen LogP contribution in [0.3, 0.4) is 0 Å². The molecule has 0 amide bonds. The molecule has 0 aliphatic heterocycles. The summed E-state index contributed by atoms with van der Waals surface area (Å²) in [6, 6.07) is 8.79. The molecule has 0 aliphatic carbocycles. The lowest BCUT2D eigenvalue weighted by atomic mass is 9.86. The van der Waals surface area contributed by atoms with Crippen molar-refractivity contribution < 1.29 is 0 Å². The van der Waals surface area contributed by atoms with Gasteiger partial charge in [-0.1, -0.05) is 86.1 Å². The molecule has 1 atom stereocenters. The third-order valence-corrected chi connectivity index (χ3v) is 2.93. The number of rotatable bonds is 3. The highest BCUT2D eigenvalue weighted by Gasteiger charge is 2.12. The number of aryl methyl sites for hydroxylation is 1. The van der Waals surface area contributed by atoms with Crippen LogP contribution in [0.1, 0.15) is 78.9 Å². The van der Waals surface area contributed by atoms with Gasteiger partial charge in [0.25, 0.3) is 0 Å². The van der Waals surface area contributed by atoms with E-state index in [0.29, 0.717) is 5.92 Å². The largest absolute Gasteiger partial charge is 0.0683 e. The molecule has 0 aromatic heterocycles. The van der Waals surface area contributed by atoms with Crippen LogP contribution >= 0.6 is 0 Å². The van der Waals surface area contributed by atoms with Gasteiger partial charge in [0, 0.05) is 0 Å². The molecule has 0 bridgehead atoms. The molecular weight excluding hydrogens is 216 g/mol. The first-order valence-electron chi connectivity index (χ1n) is 7.66. The van der Waals surface area contributed by atoms with E-state index >= 15 is 0 Å². The van der Waals surface area contributed by atoms with Crippen LogP contribution in [0.4, 0.5) is 0 Å². The molecule has 1 unspecified atom stereocenters. The van der Waals surface area contributed by atoms with E-state index in [-0.39, 0.29) is 0 Å². The summed E-state index contributed by atoms with van der Waals surface area (Å²) in [5.41, 5.74) is 3.03. The lowest BCUT2D eigenvalue weighted by molar-refractivity contribution is 0.531. The minimum Gasteiger partial charge on any atom is -0.0683 e. The molecule has 1 rings (SSSR count). The highest BCUT2D eigenvalue weighted by molar-refractivity contribution is 5.30. The van der Waals surface area contributed by atoms with E-state index in [2.05, 4.69) is 65.8 Å². The van der Waals surface area contributed by atoms with Crippen molar-refractivity contribution in [1.82, 2.24) is 0 Å². The molecule has 0 nitrogen and oxygen atoms in total. The van der Waals surface area contributed by atoms with Crippen molar-refractivity contribution in [3.63, 3.8) is 0 Å². The Bertz CT molecular complexity index is 273. The Morgan fingerprint density at radius 3 is 1.72 bits per heavy atom. The second-order valence-corrected chi connectivity index (χ2v) is 4.79. The third-order valence-electron chi connectivity index (χ3n) is 2.93. The maximum Gasteiger partial charge on any atom is -0.0165 e. The molecule has 18 heavy (non-hydrogen) atoms. The zero-order chi connectivity index (χ0) is 14.6. The minimum absolute atomic E-state index is 0.677. The summed E-state index contributed by atoms with van der Waals surface area (Å²) in [5, 5.41) is 0. The van der Waals surface area contributed by atoms with E-state index < -0.39 is 0 Å². The molecule has 1 aromatic rings. The number of benzene rings is 1. The predicted molar refractivity (Wildman–Crippen MR) is 86.4 cm³/mol. The summed E-state index contributed by atoms with van der Waals surface area (Å²) < 4.78 is 0. The van der Waals surface area contributed by atoms with Crippen LogP contribution in [0.15, 0.2) is 24.3 Å². The number of hydrogen-bond donors (Lipinski definition) is 0. The van der Waals surface area contributed by atoms with E-state index in [9.17, 15) is 0 Å². The topological polar surface area (TPSA) is 0 Å². The van der Waals surface area contributed by atoms with Gasteiger partial charge in [-0.2, -0.15) is 0 Å². The van der Waals surface area contributed by atoms with E-state index in [0.717, 1.165) is 12.3 Å². The molecule has 0 saturated carbocycles. The molecule has 0 fully saturated rings. The van der Waals surface area contributed by atoms with Gasteiger partial charge in [0.2, 0.25) is 0 Å². The lowest BCUT2D eigenvalue weighted by Gasteiger charge is -2.19. The van der Waals surface area contributed by atoms with Crippen LogP contribution in [-0.2, 0) is 6.42 Å². The van der Waals surface area contributed by atoms with Crippen molar-refractivity contribution in [2.45, 2.75) is 74.1 Å². The average molecular weight is 250 g/mol. The van der Waals surface area contributed by atoms with Gasteiger partial charge in [-0.05, 0) is 29.4 Å². The normalized spacial score (nSPS) is 10.9. The summed E-state index contributed by atoms with van der Waals surface area (Å²) >= 11 is 0. The first kappa shape index (κ1) is 19.6. The number of hydrogen-bond acceptors (Lipinski definition) is 0. The van der Waals surface area contributed by atoms with Crippen LogP contribution in [0.2, 0.25) is 0 Å². The van der Waals surface area contributed by atoms with Crippen LogP contribution in [0.25, 0.3) is 0 Å². The Morgan fingerprint density at radius 2 is 1.33 bits per heavy atom. The molecule has 0 saturated heterocycles. The van der Waals surface area contributed by atoms with E-state index in [1.54, 1.807) is 0 Å². The van der Waals surface area contributed by atoms with Gasteiger partial charge in [-0.3, -0.25) is 0 Å². The minimum atomic E-state index is 0.677. The van der Waals surface area contributed by atoms with Gasteiger partial charge < -0.3 is 0 Å². The second-order valence-electron chi connectivity index (χ2n) is 4.79. The maximum absolute atomic E-state index is 2.32. The zero-order valence-corrected chi connectivity index (χ0v) is 13.9. The van der Waals surface area contributed by atoms with Crippen molar-refractivity contribution in [3.8, 4) is 0 Å². The highest BCUT2D eigenvalue weighted by atomic mass is 14.2. The Balaban J connectivity index is 0. The fraction of sp³-hybridized carbons (Fsp3) is 0.667. The Labute approximate surface area is 116 Å². The molecule has 0 radical (unpaired) electrons. The Hall–Kier alpha value is -0.780. The van der Waals surface area contributed by atoms with Crippen LogP contribution in [0, 0.1) is 5.92 Å². The highest BCUT2D eigenvalue weighted by Crippen LogP contribution is 2.26. The quantitative estimate of drug-likeness (QED) is 0.578. The first-order valence-corrected chi connectivity index (χ1v) is 7.66. The third kappa shape index (κ3) is 7.53. The summed E-state index contributed by atoms with van der Waals surface area (Å²) in [5.74, 6) is 1.41. The van der Waals surface area contributed by atoms with Gasteiger partial charge in [0.15, 0.2) is 0 Å². The van der Waals surface area contributed by atoms with Crippen LogP contribution < -0.4 is 0 Å². The van der Waals surface area contributed by atoms with Crippen molar-refractivity contribution in [2.75, 3.05) is 0 Å². The molecular formula is C18H34. The second kappa shape index (κ2) is 12.7. The Kier molecular flexibility index (Phi) is 13.8. The maximum atomic E-state index is 2.32. The smallest absolute Gasteiger partial charge is 0.0165 e. The molecule has 0 heterocycles. The Morgan fingerprint density at radius 1 is 0.889 bits per heavy atom. The predicted octanol–water partition coefficient (Wildman–Crippen LogP) is 6.45. The standard InChI is InChI=1S/C13H20.C3H8.C2H6/c1-5-12-8-6-7-9-13(12)11(4)10(2)3;1-3-2;1-2/h6-11H,5H2,1-4H3;3H2,1-2H3;1-2H3. The fourth-order valence-corrected chi connectivity index (χ4v) is 1.66. The molecule has 1 aromatic carbocycles. The monoisotopic (exact) mass is 250 g/mol. The van der Waals surface area contributed by atoms with E-state index in [4.69, 9.17) is 0 Å². The molecule has 0 aliphatic rings. The van der Waals surface area contributed by atoms with Crippen molar-refractivity contribution in [2.24, 2.45) is 5.92 Å². The van der Waals surface area contributed by atoms with Crippen molar-refractivity contribution in [1.29, 1.82) is 0 Å². The van der Waals surface area contributed by atoms with Crippen molar-refractivity contribution in [3.05, 3.63) is 35.4 Å². The van der Waals surface area contributed by atoms with E-state index in [1.165, 1.54) is 17.5 Å².